The van der Waals surface area contributed by atoms with Gasteiger partial charge in [0.05, 0.1) is 33.8 Å². The van der Waals surface area contributed by atoms with E-state index >= 15 is 0 Å². The highest BCUT2D eigenvalue weighted by atomic mass is 31.2. The molecule has 0 aromatic rings. The molecule has 0 rings (SSSR count). The molecule has 65 heavy (non-hydrogen) atoms. The first-order valence-corrected chi connectivity index (χ1v) is 28.1. The summed E-state index contributed by atoms with van der Waals surface area (Å²) < 4.78 is 30.1. The molecule has 0 aromatic carbocycles. The second-order valence-electron chi connectivity index (χ2n) is 19.1. The molecule has 0 saturated heterocycles. The Morgan fingerprint density at radius 1 is 0.554 bits per heavy atom. The molecule has 0 radical (unpaired) electrons. The largest absolute Gasteiger partial charge is 0.756 e. The number of likely N-dealkylation sites (N-methyl/N-ethyl adjacent to an activating group) is 1. The minimum absolute atomic E-state index is 0.0282. The summed E-state index contributed by atoms with van der Waals surface area (Å²) in [5, 5.41) is 3.00. The van der Waals surface area contributed by atoms with E-state index in [9.17, 15) is 19.0 Å². The average Bonchev–Trinajstić information content (AvgIpc) is 3.26. The van der Waals surface area contributed by atoms with Crippen molar-refractivity contribution in [3.05, 3.63) is 60.8 Å². The van der Waals surface area contributed by atoms with E-state index in [-0.39, 0.29) is 24.9 Å². The lowest BCUT2D eigenvalue weighted by Crippen LogP contribution is -2.47. The highest BCUT2D eigenvalue weighted by Gasteiger charge is 2.27. The van der Waals surface area contributed by atoms with Crippen molar-refractivity contribution >= 4 is 19.7 Å². The number of amides is 1. The lowest BCUT2D eigenvalue weighted by Gasteiger charge is -2.30. The van der Waals surface area contributed by atoms with Crippen molar-refractivity contribution < 1.29 is 37.3 Å². The van der Waals surface area contributed by atoms with Crippen molar-refractivity contribution in [2.75, 3.05) is 40.9 Å². The van der Waals surface area contributed by atoms with Crippen LogP contribution in [0.3, 0.4) is 0 Å². The van der Waals surface area contributed by atoms with Gasteiger partial charge in [0.1, 0.15) is 19.3 Å². The van der Waals surface area contributed by atoms with Crippen molar-refractivity contribution in [3.63, 3.8) is 0 Å². The summed E-state index contributed by atoms with van der Waals surface area (Å²) in [5.74, 6) is -0.573. The molecular formula is C55H101N2O7P. The number of hydrogen-bond donors (Lipinski definition) is 1. The molecule has 0 fully saturated rings. The van der Waals surface area contributed by atoms with Crippen LogP contribution in [-0.4, -0.2) is 69.4 Å². The summed E-state index contributed by atoms with van der Waals surface area (Å²) in [7, 11) is 1.16. The predicted octanol–water partition coefficient (Wildman–Crippen LogP) is 14.9. The van der Waals surface area contributed by atoms with Gasteiger partial charge in [0.15, 0.2) is 0 Å². The summed E-state index contributed by atoms with van der Waals surface area (Å²) in [6.45, 7) is 6.66. The minimum Gasteiger partial charge on any atom is -0.756 e. The number of carbonyl (C=O) groups excluding carboxylic acids is 2. The van der Waals surface area contributed by atoms with Crippen molar-refractivity contribution in [2.45, 2.75) is 238 Å². The van der Waals surface area contributed by atoms with Gasteiger partial charge in [-0.1, -0.05) is 197 Å². The van der Waals surface area contributed by atoms with Crippen molar-refractivity contribution in [2.24, 2.45) is 0 Å². The zero-order valence-corrected chi connectivity index (χ0v) is 43.8. The SMILES string of the molecule is CC/C=C/C=C/C=C\CCCCCCCC(=O)OC(/C=C/CCCCCCCCCCC)C(COP(=O)([O-])OCC[N+](C)(C)C)NC(=O)CCCCCCCCC/C=C\CCCCCC. The van der Waals surface area contributed by atoms with Gasteiger partial charge < -0.3 is 28.5 Å². The van der Waals surface area contributed by atoms with Crippen molar-refractivity contribution in [1.82, 2.24) is 5.32 Å². The van der Waals surface area contributed by atoms with Gasteiger partial charge in [0.25, 0.3) is 7.82 Å². The van der Waals surface area contributed by atoms with Crippen LogP contribution in [0, 0.1) is 0 Å². The molecule has 1 amide bonds. The lowest BCUT2D eigenvalue weighted by atomic mass is 10.1. The Bertz CT molecular complexity index is 1300. The van der Waals surface area contributed by atoms with Gasteiger partial charge >= 0.3 is 5.97 Å². The van der Waals surface area contributed by atoms with Gasteiger partial charge in [-0.25, -0.2) is 0 Å². The Morgan fingerprint density at radius 3 is 1.52 bits per heavy atom. The summed E-state index contributed by atoms with van der Waals surface area (Å²) >= 11 is 0. The third kappa shape index (κ3) is 46.6. The number of ether oxygens (including phenoxy) is 1. The van der Waals surface area contributed by atoms with E-state index in [0.717, 1.165) is 89.9 Å². The molecule has 10 heteroatoms. The normalized spacial score (nSPS) is 14.4. The van der Waals surface area contributed by atoms with Crippen LogP contribution in [0.25, 0.3) is 0 Å². The first-order chi connectivity index (χ1) is 31.4. The highest BCUT2D eigenvalue weighted by Crippen LogP contribution is 2.38. The van der Waals surface area contributed by atoms with Crippen LogP contribution in [0.4, 0.5) is 0 Å². The maximum absolute atomic E-state index is 13.4. The standard InChI is InChI=1S/C55H101N2O7P/c1-7-10-13-16-19-22-25-27-28-30-32-35-38-41-44-47-54(58)56-52(51-63-65(60,61)62-50-49-57(4,5)6)53(46-43-40-37-34-31-24-21-18-15-12-9-3)64-55(59)48-45-42-39-36-33-29-26-23-20-17-14-11-8-2/h11,14,17,20,22-23,25-26,43,46,52-53H,7-10,12-13,15-16,18-19,21,24,27-42,44-45,47-51H2,1-6H3,(H-,56,58,60,61)/b14-11+,20-17+,25-22-,26-23-,46-43+. The Hall–Kier alpha value is -2.29. The Kier molecular flexibility index (Phi) is 43.9. The molecule has 0 bridgehead atoms. The first-order valence-electron chi connectivity index (χ1n) is 26.6. The number of rotatable bonds is 47. The van der Waals surface area contributed by atoms with E-state index in [1.54, 1.807) is 0 Å². The molecule has 3 unspecified atom stereocenters. The van der Waals surface area contributed by atoms with Crippen LogP contribution < -0.4 is 10.2 Å². The molecular weight excluding hydrogens is 832 g/mol. The number of nitrogens with one attached hydrogen (secondary N) is 1. The molecule has 0 spiro atoms. The maximum atomic E-state index is 13.4. The molecule has 0 aliphatic heterocycles. The zero-order chi connectivity index (χ0) is 48.0. The smallest absolute Gasteiger partial charge is 0.306 e. The van der Waals surface area contributed by atoms with Crippen LogP contribution in [0.1, 0.15) is 226 Å². The van der Waals surface area contributed by atoms with E-state index in [1.807, 2.05) is 39.4 Å². The number of quaternary nitrogens is 1. The van der Waals surface area contributed by atoms with Gasteiger partial charge in [-0.2, -0.15) is 0 Å². The number of hydrogen-bond acceptors (Lipinski definition) is 7. The minimum atomic E-state index is -4.69. The third-order valence-electron chi connectivity index (χ3n) is 11.5. The Labute approximate surface area is 401 Å². The molecule has 1 N–H and O–H groups in total. The van der Waals surface area contributed by atoms with Crippen molar-refractivity contribution in [3.8, 4) is 0 Å². The van der Waals surface area contributed by atoms with E-state index in [4.69, 9.17) is 13.8 Å². The number of nitrogens with zero attached hydrogens (tertiary/aromatic N) is 1. The van der Waals surface area contributed by atoms with Crippen LogP contribution in [0.15, 0.2) is 60.8 Å². The summed E-state index contributed by atoms with van der Waals surface area (Å²) in [5.41, 5.74) is 0. The van der Waals surface area contributed by atoms with Gasteiger partial charge in [-0.15, -0.1) is 0 Å². The van der Waals surface area contributed by atoms with E-state index in [0.29, 0.717) is 23.9 Å². The topological polar surface area (TPSA) is 114 Å². The van der Waals surface area contributed by atoms with Gasteiger partial charge in [-0.3, -0.25) is 14.2 Å². The molecule has 0 saturated carbocycles. The second kappa shape index (κ2) is 45.5. The van der Waals surface area contributed by atoms with Crippen LogP contribution in [0.2, 0.25) is 0 Å². The first kappa shape index (κ1) is 62.7. The van der Waals surface area contributed by atoms with Crippen molar-refractivity contribution in [1.29, 1.82) is 0 Å². The Morgan fingerprint density at radius 2 is 1.00 bits per heavy atom. The number of phosphoric ester groups is 1. The monoisotopic (exact) mass is 933 g/mol. The third-order valence-corrected chi connectivity index (χ3v) is 12.5. The predicted molar refractivity (Wildman–Crippen MR) is 275 cm³/mol. The number of allylic oxidation sites excluding steroid dienone is 9. The molecule has 0 aromatic heterocycles. The molecule has 3 atom stereocenters. The van der Waals surface area contributed by atoms with E-state index in [1.165, 1.54) is 96.3 Å². The fourth-order valence-corrected chi connectivity index (χ4v) is 8.06. The molecule has 0 aliphatic rings. The highest BCUT2D eigenvalue weighted by molar-refractivity contribution is 7.45. The summed E-state index contributed by atoms with van der Waals surface area (Å²) in [6.07, 6.45) is 54.7. The quantitative estimate of drug-likeness (QED) is 0.0161. The summed E-state index contributed by atoms with van der Waals surface area (Å²) in [4.78, 5) is 39.7. The zero-order valence-electron chi connectivity index (χ0n) is 42.9. The molecule has 0 heterocycles. The fourth-order valence-electron chi connectivity index (χ4n) is 7.34. The molecule has 9 nitrogen and oxygen atoms in total. The van der Waals surface area contributed by atoms with Crippen LogP contribution >= 0.6 is 7.82 Å². The lowest BCUT2D eigenvalue weighted by molar-refractivity contribution is -0.870. The number of carbonyl (C=O) groups is 2. The van der Waals surface area contributed by atoms with E-state index < -0.39 is 26.6 Å². The number of esters is 1. The Balaban J connectivity index is 5.42. The molecule has 0 aliphatic carbocycles. The fraction of sp³-hybridized carbons (Fsp3) is 0.782. The van der Waals surface area contributed by atoms with E-state index in [2.05, 4.69) is 68.6 Å². The summed E-state index contributed by atoms with van der Waals surface area (Å²) in [6, 6.07) is -0.897. The van der Waals surface area contributed by atoms with Crippen LogP contribution in [0.5, 0.6) is 0 Å². The number of phosphoric acid groups is 1. The van der Waals surface area contributed by atoms with Gasteiger partial charge in [0, 0.05) is 12.8 Å². The van der Waals surface area contributed by atoms with Gasteiger partial charge in [-0.05, 0) is 76.7 Å². The molecule has 378 valence electrons. The number of unbranched alkanes of at least 4 members (excludes halogenated alkanes) is 25. The van der Waals surface area contributed by atoms with Gasteiger partial charge in [0.2, 0.25) is 5.91 Å². The maximum Gasteiger partial charge on any atom is 0.306 e. The second-order valence-corrected chi connectivity index (χ2v) is 20.5. The van der Waals surface area contributed by atoms with Crippen LogP contribution in [-0.2, 0) is 27.9 Å². The average molecular weight is 933 g/mol.